The number of Topliss-reactive ketones (excluding diaryl/α,β-unsaturated/α-hetero) is 1. The largest absolute Gasteiger partial charge is 0.460 e. The highest BCUT2D eigenvalue weighted by molar-refractivity contribution is 5.87. The zero-order valence-corrected chi connectivity index (χ0v) is 12.6. The van der Waals surface area contributed by atoms with Gasteiger partial charge >= 0.3 is 5.97 Å². The molecular weight excluding hydrogens is 244 g/mol. The molecule has 0 amide bonds. The van der Waals surface area contributed by atoms with Gasteiger partial charge < -0.3 is 16.2 Å². The molecule has 0 rings (SSSR count). The van der Waals surface area contributed by atoms with Crippen molar-refractivity contribution in [3.63, 3.8) is 0 Å². The third kappa shape index (κ3) is 8.72. The molecule has 0 aliphatic carbocycles. The Morgan fingerprint density at radius 2 is 1.79 bits per heavy atom. The minimum atomic E-state index is -0.530. The van der Waals surface area contributed by atoms with Gasteiger partial charge in [0.15, 0.2) is 0 Å². The van der Waals surface area contributed by atoms with Crippen molar-refractivity contribution in [2.75, 3.05) is 6.54 Å². The Hall–Kier alpha value is -0.940. The van der Waals surface area contributed by atoms with E-state index in [2.05, 4.69) is 0 Å². The van der Waals surface area contributed by atoms with Gasteiger partial charge in [-0.05, 0) is 40.2 Å². The summed E-state index contributed by atoms with van der Waals surface area (Å²) in [5, 5.41) is 0. The summed E-state index contributed by atoms with van der Waals surface area (Å²) < 4.78 is 5.23. The summed E-state index contributed by atoms with van der Waals surface area (Å²) in [7, 11) is 0. The van der Waals surface area contributed by atoms with Crippen molar-refractivity contribution < 1.29 is 14.3 Å². The van der Waals surface area contributed by atoms with Gasteiger partial charge in [0.05, 0.1) is 12.0 Å². The van der Waals surface area contributed by atoms with E-state index in [1.165, 1.54) is 0 Å². The van der Waals surface area contributed by atoms with Crippen molar-refractivity contribution in [2.24, 2.45) is 17.4 Å². The van der Waals surface area contributed by atoms with Crippen LogP contribution in [-0.2, 0) is 14.3 Å². The van der Waals surface area contributed by atoms with Crippen LogP contribution in [0.2, 0.25) is 0 Å². The maximum Gasteiger partial charge on any atom is 0.309 e. The second kappa shape index (κ2) is 8.27. The fraction of sp³-hybridized carbons (Fsp3) is 0.857. The second-order valence-electron chi connectivity index (χ2n) is 6.00. The molecule has 0 aliphatic rings. The number of unbranched alkanes of at least 4 members (excludes halogenated alkanes) is 1. The molecule has 0 aromatic rings. The predicted molar refractivity (Wildman–Crippen MR) is 75.5 cm³/mol. The highest BCUT2D eigenvalue weighted by Gasteiger charge is 2.25. The van der Waals surface area contributed by atoms with Gasteiger partial charge in [0.2, 0.25) is 0 Å². The number of ether oxygens (including phenoxy) is 1. The van der Waals surface area contributed by atoms with E-state index in [1.54, 1.807) is 27.7 Å². The fourth-order valence-corrected chi connectivity index (χ4v) is 1.61. The number of carbonyl (C=O) groups excluding carboxylic acids is 2. The van der Waals surface area contributed by atoms with Crippen LogP contribution in [0, 0.1) is 5.92 Å². The molecule has 0 aliphatic heterocycles. The molecule has 0 heterocycles. The van der Waals surface area contributed by atoms with E-state index in [0.717, 1.165) is 12.8 Å². The Morgan fingerprint density at radius 3 is 2.26 bits per heavy atom. The summed E-state index contributed by atoms with van der Waals surface area (Å²) in [4.78, 5) is 23.6. The molecule has 2 atom stereocenters. The van der Waals surface area contributed by atoms with Gasteiger partial charge in [-0.3, -0.25) is 9.59 Å². The molecule has 112 valence electrons. The molecule has 0 saturated carbocycles. The molecule has 0 radical (unpaired) electrons. The maximum atomic E-state index is 11.9. The van der Waals surface area contributed by atoms with Gasteiger partial charge in [-0.25, -0.2) is 0 Å². The number of hydrogen-bond donors (Lipinski definition) is 2. The SMILES string of the molecule is CC(CC(=O)[C@@H](N)CCCCN)C(=O)OC(C)(C)C. The Bertz CT molecular complexity index is 298. The zero-order chi connectivity index (χ0) is 15.1. The van der Waals surface area contributed by atoms with Crippen molar-refractivity contribution in [3.05, 3.63) is 0 Å². The number of esters is 1. The Balaban J connectivity index is 4.13. The van der Waals surface area contributed by atoms with E-state index in [9.17, 15) is 9.59 Å². The van der Waals surface area contributed by atoms with Crippen molar-refractivity contribution >= 4 is 11.8 Å². The van der Waals surface area contributed by atoms with Gasteiger partial charge in [0.25, 0.3) is 0 Å². The van der Waals surface area contributed by atoms with Crippen LogP contribution in [-0.4, -0.2) is 29.9 Å². The van der Waals surface area contributed by atoms with Gasteiger partial charge in [-0.2, -0.15) is 0 Å². The van der Waals surface area contributed by atoms with Crippen LogP contribution in [0.5, 0.6) is 0 Å². The fourth-order valence-electron chi connectivity index (χ4n) is 1.61. The first-order chi connectivity index (χ1) is 8.67. The van der Waals surface area contributed by atoms with Gasteiger partial charge in [0, 0.05) is 6.42 Å². The van der Waals surface area contributed by atoms with Crippen LogP contribution < -0.4 is 11.5 Å². The molecule has 19 heavy (non-hydrogen) atoms. The van der Waals surface area contributed by atoms with Crippen molar-refractivity contribution in [1.29, 1.82) is 0 Å². The monoisotopic (exact) mass is 272 g/mol. The maximum absolute atomic E-state index is 11.9. The summed E-state index contributed by atoms with van der Waals surface area (Å²) in [6, 6.07) is -0.503. The van der Waals surface area contributed by atoms with Gasteiger partial charge in [0.1, 0.15) is 11.4 Å². The van der Waals surface area contributed by atoms with E-state index in [4.69, 9.17) is 16.2 Å². The molecule has 4 N–H and O–H groups in total. The standard InChI is InChI=1S/C14H28N2O3/c1-10(13(18)19-14(2,3)4)9-12(17)11(16)7-5-6-8-15/h10-11H,5-9,15-16H2,1-4H3/t10?,11-/m0/s1. The average molecular weight is 272 g/mol. The van der Waals surface area contributed by atoms with Crippen LogP contribution >= 0.6 is 0 Å². The highest BCUT2D eigenvalue weighted by Crippen LogP contribution is 2.14. The third-order valence-electron chi connectivity index (χ3n) is 2.70. The first-order valence-corrected chi connectivity index (χ1v) is 6.88. The molecule has 0 saturated heterocycles. The smallest absolute Gasteiger partial charge is 0.309 e. The summed E-state index contributed by atoms with van der Waals surface area (Å²) >= 11 is 0. The third-order valence-corrected chi connectivity index (χ3v) is 2.70. The number of nitrogens with two attached hydrogens (primary N) is 2. The normalized spacial score (nSPS) is 14.8. The van der Waals surface area contributed by atoms with E-state index in [1.807, 2.05) is 0 Å². The molecule has 0 aromatic heterocycles. The first kappa shape index (κ1) is 18.1. The molecule has 1 unspecified atom stereocenters. The van der Waals surface area contributed by atoms with E-state index >= 15 is 0 Å². The van der Waals surface area contributed by atoms with Crippen LogP contribution in [0.3, 0.4) is 0 Å². The number of hydrogen-bond acceptors (Lipinski definition) is 5. The quantitative estimate of drug-likeness (QED) is 0.514. The number of carbonyl (C=O) groups is 2. The van der Waals surface area contributed by atoms with Crippen molar-refractivity contribution in [1.82, 2.24) is 0 Å². The molecule has 5 heteroatoms. The molecule has 0 spiro atoms. The topological polar surface area (TPSA) is 95.4 Å². The number of rotatable bonds is 8. The lowest BCUT2D eigenvalue weighted by Crippen LogP contribution is -2.34. The van der Waals surface area contributed by atoms with E-state index < -0.39 is 17.6 Å². The van der Waals surface area contributed by atoms with E-state index in [0.29, 0.717) is 13.0 Å². The second-order valence-corrected chi connectivity index (χ2v) is 6.00. The Labute approximate surface area is 116 Å². The zero-order valence-electron chi connectivity index (χ0n) is 12.6. The minimum absolute atomic E-state index is 0.0876. The van der Waals surface area contributed by atoms with Crippen LogP contribution in [0.4, 0.5) is 0 Å². The Morgan fingerprint density at radius 1 is 1.21 bits per heavy atom. The summed E-state index contributed by atoms with van der Waals surface area (Å²) in [5.41, 5.74) is 10.6. The predicted octanol–water partition coefficient (Wildman–Crippen LogP) is 1.38. The molecule has 5 nitrogen and oxygen atoms in total. The van der Waals surface area contributed by atoms with Crippen LogP contribution in [0.1, 0.15) is 53.4 Å². The van der Waals surface area contributed by atoms with Gasteiger partial charge in [-0.1, -0.05) is 13.3 Å². The van der Waals surface area contributed by atoms with Gasteiger partial charge in [-0.15, -0.1) is 0 Å². The summed E-state index contributed by atoms with van der Waals surface area (Å²) in [6.45, 7) is 7.71. The first-order valence-electron chi connectivity index (χ1n) is 6.88. The van der Waals surface area contributed by atoms with Crippen LogP contribution in [0.15, 0.2) is 0 Å². The minimum Gasteiger partial charge on any atom is -0.460 e. The molecule has 0 aromatic carbocycles. The summed E-state index contributed by atoms with van der Waals surface area (Å²) in [6.07, 6.45) is 2.46. The average Bonchev–Trinajstić information content (AvgIpc) is 2.26. The lowest BCUT2D eigenvalue weighted by atomic mass is 9.97. The van der Waals surface area contributed by atoms with E-state index in [-0.39, 0.29) is 18.2 Å². The molecule has 0 fully saturated rings. The highest BCUT2D eigenvalue weighted by atomic mass is 16.6. The van der Waals surface area contributed by atoms with Crippen molar-refractivity contribution in [3.8, 4) is 0 Å². The molecule has 0 bridgehead atoms. The lowest BCUT2D eigenvalue weighted by Gasteiger charge is -2.22. The summed E-state index contributed by atoms with van der Waals surface area (Å²) in [5.74, 6) is -0.891. The lowest BCUT2D eigenvalue weighted by molar-refractivity contribution is -0.160. The Kier molecular flexibility index (Phi) is 7.87. The van der Waals surface area contributed by atoms with Crippen molar-refractivity contribution in [2.45, 2.75) is 65.0 Å². The number of ketones is 1. The molecular formula is C14H28N2O3. The van der Waals surface area contributed by atoms with Crippen LogP contribution in [0.25, 0.3) is 0 Å².